The average molecular weight is 328 g/mol. The summed E-state index contributed by atoms with van der Waals surface area (Å²) in [5, 5.41) is 3.02. The second-order valence-corrected chi connectivity index (χ2v) is 7.14. The van der Waals surface area contributed by atoms with Gasteiger partial charge in [0.05, 0.1) is 6.67 Å². The minimum absolute atomic E-state index is 0.0846. The van der Waals surface area contributed by atoms with Crippen LogP contribution in [0.15, 0.2) is 24.3 Å². The monoisotopic (exact) mass is 328 g/mol. The van der Waals surface area contributed by atoms with Crippen LogP contribution in [0.2, 0.25) is 0 Å². The first-order chi connectivity index (χ1) is 11.6. The number of hydrogen-bond donors (Lipinski definition) is 1. The van der Waals surface area contributed by atoms with Crippen molar-refractivity contribution in [2.45, 2.75) is 24.8 Å². The molecule has 6 heteroatoms. The molecule has 0 radical (unpaired) electrons. The number of rotatable bonds is 2. The lowest BCUT2D eigenvalue weighted by Crippen LogP contribution is -2.51. The van der Waals surface area contributed by atoms with Gasteiger partial charge in [-0.25, -0.2) is 9.69 Å². The van der Waals surface area contributed by atoms with Crippen LogP contribution in [0.3, 0.4) is 0 Å². The summed E-state index contributed by atoms with van der Waals surface area (Å²) in [5.41, 5.74) is 1.31. The summed E-state index contributed by atoms with van der Waals surface area (Å²) >= 11 is 0. The Hall–Kier alpha value is -1.92. The number of fused-ring (bicyclic) bond motifs is 2. The van der Waals surface area contributed by atoms with Crippen molar-refractivity contribution in [1.82, 2.24) is 20.0 Å². The summed E-state index contributed by atoms with van der Waals surface area (Å²) in [6.45, 7) is 4.10. The summed E-state index contributed by atoms with van der Waals surface area (Å²) < 4.78 is 0. The number of urea groups is 1. The molecular formula is C18H24N4O2. The van der Waals surface area contributed by atoms with Crippen LogP contribution in [-0.4, -0.2) is 66.5 Å². The Kier molecular flexibility index (Phi) is 3.81. The molecule has 1 N–H and O–H groups in total. The van der Waals surface area contributed by atoms with E-state index in [0.717, 1.165) is 44.6 Å². The van der Waals surface area contributed by atoms with E-state index in [0.29, 0.717) is 13.1 Å². The Labute approximate surface area is 142 Å². The minimum Gasteiger partial charge on any atom is -0.319 e. The fraction of sp³-hybridized carbons (Fsp3) is 0.556. The SMILES string of the molecule is CN1CCN(CN2C(=O)NC3(CCCc4ccccc43)C2=O)CC1. The van der Waals surface area contributed by atoms with E-state index < -0.39 is 5.54 Å². The zero-order valence-corrected chi connectivity index (χ0v) is 14.1. The standard InChI is InChI=1S/C18H24N4O2/c1-20-9-11-21(12-10-20)13-22-16(23)18(19-17(22)24)8-4-6-14-5-2-3-7-15(14)18/h2-3,5,7H,4,6,8-13H2,1H3,(H,19,24). The van der Waals surface area contributed by atoms with Gasteiger partial charge < -0.3 is 10.2 Å². The van der Waals surface area contributed by atoms with E-state index in [2.05, 4.69) is 28.2 Å². The fourth-order valence-corrected chi connectivity index (χ4v) is 4.13. The molecule has 2 saturated heterocycles. The van der Waals surface area contributed by atoms with Crippen LogP contribution >= 0.6 is 0 Å². The maximum absolute atomic E-state index is 13.2. The first-order valence-corrected chi connectivity index (χ1v) is 8.73. The van der Waals surface area contributed by atoms with Crippen LogP contribution in [0.5, 0.6) is 0 Å². The third-order valence-corrected chi connectivity index (χ3v) is 5.59. The molecule has 24 heavy (non-hydrogen) atoms. The smallest absolute Gasteiger partial charge is 0.319 e. The lowest BCUT2D eigenvalue weighted by Gasteiger charge is -2.35. The molecule has 2 heterocycles. The number of benzene rings is 1. The number of piperazine rings is 1. The molecule has 6 nitrogen and oxygen atoms in total. The van der Waals surface area contributed by atoms with E-state index >= 15 is 0 Å². The third-order valence-electron chi connectivity index (χ3n) is 5.59. The molecule has 4 rings (SSSR count). The van der Waals surface area contributed by atoms with Crippen LogP contribution in [0, 0.1) is 0 Å². The Morgan fingerprint density at radius 1 is 1.12 bits per heavy atom. The quantitative estimate of drug-likeness (QED) is 0.822. The van der Waals surface area contributed by atoms with Gasteiger partial charge in [-0.2, -0.15) is 0 Å². The molecule has 1 unspecified atom stereocenters. The van der Waals surface area contributed by atoms with Crippen LogP contribution < -0.4 is 5.32 Å². The first-order valence-electron chi connectivity index (χ1n) is 8.73. The largest absolute Gasteiger partial charge is 0.326 e. The highest BCUT2D eigenvalue weighted by atomic mass is 16.2. The van der Waals surface area contributed by atoms with Crippen LogP contribution in [-0.2, 0) is 16.8 Å². The van der Waals surface area contributed by atoms with Crippen LogP contribution in [0.1, 0.15) is 24.0 Å². The number of amides is 3. The molecule has 1 aromatic carbocycles. The van der Waals surface area contributed by atoms with Crippen molar-refractivity contribution in [2.75, 3.05) is 39.9 Å². The molecule has 2 fully saturated rings. The number of carbonyl (C=O) groups is 2. The molecule has 0 bridgehead atoms. The second kappa shape index (κ2) is 5.86. The van der Waals surface area contributed by atoms with Gasteiger partial charge in [0, 0.05) is 26.2 Å². The normalized spacial score (nSPS) is 28.3. The zero-order chi connectivity index (χ0) is 16.7. The summed E-state index contributed by atoms with van der Waals surface area (Å²) in [7, 11) is 2.10. The van der Waals surface area contributed by atoms with E-state index in [1.54, 1.807) is 0 Å². The van der Waals surface area contributed by atoms with Crippen LogP contribution in [0.4, 0.5) is 4.79 Å². The first kappa shape index (κ1) is 15.6. The zero-order valence-electron chi connectivity index (χ0n) is 14.1. The number of nitrogens with zero attached hydrogens (tertiary/aromatic N) is 3. The highest BCUT2D eigenvalue weighted by Gasteiger charge is 2.54. The number of imide groups is 1. The van der Waals surface area contributed by atoms with Crippen molar-refractivity contribution in [2.24, 2.45) is 0 Å². The van der Waals surface area contributed by atoms with E-state index in [9.17, 15) is 9.59 Å². The lowest BCUT2D eigenvalue weighted by molar-refractivity contribution is -0.133. The molecule has 3 amide bonds. The highest BCUT2D eigenvalue weighted by molar-refractivity contribution is 6.07. The van der Waals surface area contributed by atoms with E-state index in [-0.39, 0.29) is 11.9 Å². The summed E-state index contributed by atoms with van der Waals surface area (Å²) in [6.07, 6.45) is 2.58. The van der Waals surface area contributed by atoms with Gasteiger partial charge in [-0.05, 0) is 37.4 Å². The van der Waals surface area contributed by atoms with Gasteiger partial charge >= 0.3 is 6.03 Å². The number of likely N-dealkylation sites (N-methyl/N-ethyl adjacent to an activating group) is 1. The fourth-order valence-electron chi connectivity index (χ4n) is 4.13. The minimum atomic E-state index is -0.849. The number of hydrogen-bond acceptors (Lipinski definition) is 4. The van der Waals surface area contributed by atoms with Gasteiger partial charge in [0.1, 0.15) is 5.54 Å². The molecule has 1 spiro atoms. The van der Waals surface area contributed by atoms with Crippen molar-refractivity contribution < 1.29 is 9.59 Å². The third kappa shape index (κ3) is 2.41. The Bertz CT molecular complexity index is 669. The Balaban J connectivity index is 1.58. The van der Waals surface area contributed by atoms with E-state index in [4.69, 9.17) is 0 Å². The van der Waals surface area contributed by atoms with Gasteiger partial charge in [-0.3, -0.25) is 9.69 Å². The summed E-state index contributed by atoms with van der Waals surface area (Å²) in [5.74, 6) is -0.0846. The van der Waals surface area contributed by atoms with Crippen molar-refractivity contribution in [1.29, 1.82) is 0 Å². The van der Waals surface area contributed by atoms with Crippen molar-refractivity contribution in [3.63, 3.8) is 0 Å². The predicted molar refractivity (Wildman–Crippen MR) is 90.4 cm³/mol. The maximum Gasteiger partial charge on any atom is 0.326 e. The molecule has 1 atom stereocenters. The molecule has 2 aliphatic heterocycles. The van der Waals surface area contributed by atoms with Gasteiger partial charge in [0.25, 0.3) is 5.91 Å². The van der Waals surface area contributed by atoms with Crippen molar-refractivity contribution in [3.05, 3.63) is 35.4 Å². The Morgan fingerprint density at radius 3 is 2.67 bits per heavy atom. The van der Waals surface area contributed by atoms with E-state index in [1.807, 2.05) is 18.2 Å². The molecule has 3 aliphatic rings. The van der Waals surface area contributed by atoms with Gasteiger partial charge in [0.15, 0.2) is 0 Å². The molecule has 0 aromatic heterocycles. The Morgan fingerprint density at radius 2 is 1.88 bits per heavy atom. The number of carbonyl (C=O) groups excluding carboxylic acids is 2. The summed E-state index contributed by atoms with van der Waals surface area (Å²) in [4.78, 5) is 31.6. The maximum atomic E-state index is 13.2. The second-order valence-electron chi connectivity index (χ2n) is 7.14. The molecule has 0 saturated carbocycles. The van der Waals surface area contributed by atoms with Gasteiger partial charge in [0.2, 0.25) is 0 Å². The van der Waals surface area contributed by atoms with Gasteiger partial charge in [-0.1, -0.05) is 24.3 Å². The number of nitrogens with one attached hydrogen (secondary N) is 1. The lowest BCUT2D eigenvalue weighted by atomic mass is 9.76. The average Bonchev–Trinajstić information content (AvgIpc) is 2.82. The van der Waals surface area contributed by atoms with Gasteiger partial charge in [-0.15, -0.1) is 0 Å². The van der Waals surface area contributed by atoms with Crippen molar-refractivity contribution >= 4 is 11.9 Å². The van der Waals surface area contributed by atoms with Crippen LogP contribution in [0.25, 0.3) is 0 Å². The topological polar surface area (TPSA) is 55.9 Å². The molecule has 1 aliphatic carbocycles. The van der Waals surface area contributed by atoms with Crippen molar-refractivity contribution in [3.8, 4) is 0 Å². The van der Waals surface area contributed by atoms with E-state index in [1.165, 1.54) is 10.5 Å². The number of aryl methyl sites for hydroxylation is 1. The summed E-state index contributed by atoms with van der Waals surface area (Å²) in [6, 6.07) is 7.76. The molecule has 128 valence electrons. The predicted octanol–water partition coefficient (Wildman–Crippen LogP) is 0.975. The highest BCUT2D eigenvalue weighted by Crippen LogP contribution is 2.39. The molecule has 1 aromatic rings. The molecular weight excluding hydrogens is 304 g/mol.